The Morgan fingerprint density at radius 2 is 2.04 bits per heavy atom. The maximum Gasteiger partial charge on any atom is 0.287 e. The third kappa shape index (κ3) is 3.39. The minimum absolute atomic E-state index is 0.191. The van der Waals surface area contributed by atoms with E-state index in [-0.39, 0.29) is 11.9 Å². The molecule has 26 heavy (non-hydrogen) atoms. The Morgan fingerprint density at radius 1 is 1.23 bits per heavy atom. The monoisotopic (exact) mass is 351 g/mol. The average Bonchev–Trinajstić information content (AvgIpc) is 3.31. The summed E-state index contributed by atoms with van der Waals surface area (Å²) < 4.78 is 7.51. The Balaban J connectivity index is 1.62. The van der Waals surface area contributed by atoms with E-state index in [1.165, 1.54) is 38.4 Å². The predicted octanol–water partition coefficient (Wildman–Crippen LogP) is 4.70. The molecule has 1 aliphatic rings. The van der Waals surface area contributed by atoms with Crippen LogP contribution in [0, 0.1) is 5.92 Å². The lowest BCUT2D eigenvalue weighted by Crippen LogP contribution is -2.29. The number of hydrogen-bond acceptors (Lipinski definition) is 3. The van der Waals surface area contributed by atoms with E-state index in [9.17, 15) is 4.79 Å². The van der Waals surface area contributed by atoms with Gasteiger partial charge in [0.15, 0.2) is 5.76 Å². The molecule has 136 valence electrons. The minimum Gasteiger partial charge on any atom is -0.459 e. The van der Waals surface area contributed by atoms with Crippen molar-refractivity contribution in [2.24, 2.45) is 5.92 Å². The quantitative estimate of drug-likeness (QED) is 0.725. The van der Waals surface area contributed by atoms with Crippen LogP contribution >= 0.6 is 0 Å². The van der Waals surface area contributed by atoms with Crippen molar-refractivity contribution in [1.29, 1.82) is 0 Å². The highest BCUT2D eigenvalue weighted by Gasteiger charge is 2.22. The summed E-state index contributed by atoms with van der Waals surface area (Å²) in [6.45, 7) is 2.95. The first-order chi connectivity index (χ1) is 12.7. The summed E-state index contributed by atoms with van der Waals surface area (Å²) in [5.74, 6) is 1.72. The number of benzene rings is 1. The van der Waals surface area contributed by atoms with Gasteiger partial charge in [0.25, 0.3) is 5.91 Å². The molecule has 1 saturated carbocycles. The normalized spacial score (nSPS) is 16.7. The van der Waals surface area contributed by atoms with Gasteiger partial charge >= 0.3 is 0 Å². The molecule has 3 aromatic rings. The van der Waals surface area contributed by atoms with Crippen LogP contribution in [0.25, 0.3) is 11.0 Å². The summed E-state index contributed by atoms with van der Waals surface area (Å²) in [5, 5.41) is 3.02. The van der Waals surface area contributed by atoms with E-state index in [0.717, 1.165) is 23.4 Å². The Kier molecular flexibility index (Phi) is 4.78. The number of nitrogens with one attached hydrogen (secondary N) is 1. The van der Waals surface area contributed by atoms with E-state index >= 15 is 0 Å². The second kappa shape index (κ2) is 7.36. The lowest BCUT2D eigenvalue weighted by Gasteiger charge is -2.24. The Hall–Kier alpha value is -2.56. The van der Waals surface area contributed by atoms with Crippen LogP contribution in [-0.4, -0.2) is 15.5 Å². The van der Waals surface area contributed by atoms with Gasteiger partial charge in [0.2, 0.25) is 0 Å². The summed E-state index contributed by atoms with van der Waals surface area (Å²) in [5.41, 5.74) is 2.13. The SMILES string of the molecule is C[C@@H](NC(=O)c1ccco1)c1nc2ccccc2n1CC1CCCCC1. The number of para-hydroxylation sites is 2. The molecule has 0 radical (unpaired) electrons. The number of aromatic nitrogens is 2. The second-order valence-corrected chi connectivity index (χ2v) is 7.25. The first kappa shape index (κ1) is 16.9. The highest BCUT2D eigenvalue weighted by molar-refractivity contribution is 5.91. The number of fused-ring (bicyclic) bond motifs is 1. The molecule has 1 atom stereocenters. The molecule has 1 aliphatic carbocycles. The molecule has 0 aliphatic heterocycles. The molecule has 5 heteroatoms. The van der Waals surface area contributed by atoms with Crippen molar-refractivity contribution in [3.63, 3.8) is 0 Å². The van der Waals surface area contributed by atoms with Crippen LogP contribution in [0.2, 0.25) is 0 Å². The molecule has 0 bridgehead atoms. The molecule has 5 nitrogen and oxygen atoms in total. The number of carbonyl (C=O) groups excluding carboxylic acids is 1. The lowest BCUT2D eigenvalue weighted by atomic mass is 9.89. The van der Waals surface area contributed by atoms with Crippen molar-refractivity contribution in [3.8, 4) is 0 Å². The van der Waals surface area contributed by atoms with Crippen molar-refractivity contribution in [3.05, 3.63) is 54.2 Å². The van der Waals surface area contributed by atoms with Gasteiger partial charge in [0.1, 0.15) is 5.82 Å². The van der Waals surface area contributed by atoms with Gasteiger partial charge in [-0.15, -0.1) is 0 Å². The van der Waals surface area contributed by atoms with Crippen LogP contribution in [-0.2, 0) is 6.54 Å². The third-order valence-corrected chi connectivity index (χ3v) is 5.33. The van der Waals surface area contributed by atoms with Gasteiger partial charge in [-0.1, -0.05) is 31.4 Å². The van der Waals surface area contributed by atoms with Crippen molar-refractivity contribution < 1.29 is 9.21 Å². The van der Waals surface area contributed by atoms with Crippen LogP contribution in [0.3, 0.4) is 0 Å². The van der Waals surface area contributed by atoms with Crippen LogP contribution in [0.1, 0.15) is 61.4 Å². The van der Waals surface area contributed by atoms with Crippen LogP contribution < -0.4 is 5.32 Å². The molecule has 0 saturated heterocycles. The first-order valence-corrected chi connectivity index (χ1v) is 9.52. The maximum atomic E-state index is 12.4. The van der Waals surface area contributed by atoms with Crippen LogP contribution in [0.4, 0.5) is 0 Å². The molecule has 4 rings (SSSR count). The van der Waals surface area contributed by atoms with Gasteiger partial charge in [0, 0.05) is 6.54 Å². The molecule has 1 N–H and O–H groups in total. The van der Waals surface area contributed by atoms with Crippen molar-refractivity contribution >= 4 is 16.9 Å². The molecule has 0 spiro atoms. The summed E-state index contributed by atoms with van der Waals surface area (Å²) in [6.07, 6.45) is 8.05. The van der Waals surface area contributed by atoms with E-state index in [1.807, 2.05) is 19.1 Å². The summed E-state index contributed by atoms with van der Waals surface area (Å²) in [7, 11) is 0. The molecule has 2 heterocycles. The highest BCUT2D eigenvalue weighted by Crippen LogP contribution is 2.29. The molecular weight excluding hydrogens is 326 g/mol. The number of amides is 1. The minimum atomic E-state index is -0.209. The maximum absolute atomic E-state index is 12.4. The summed E-state index contributed by atoms with van der Waals surface area (Å²) in [4.78, 5) is 17.2. The number of rotatable bonds is 5. The largest absolute Gasteiger partial charge is 0.459 e. The topological polar surface area (TPSA) is 60.1 Å². The first-order valence-electron chi connectivity index (χ1n) is 9.52. The predicted molar refractivity (Wildman–Crippen MR) is 101 cm³/mol. The molecule has 0 unspecified atom stereocenters. The van der Waals surface area contributed by atoms with Gasteiger partial charge in [-0.2, -0.15) is 0 Å². The Labute approximate surface area is 153 Å². The van der Waals surface area contributed by atoms with Gasteiger partial charge in [-0.25, -0.2) is 4.98 Å². The zero-order chi connectivity index (χ0) is 17.9. The van der Waals surface area contributed by atoms with Crippen molar-refractivity contribution in [1.82, 2.24) is 14.9 Å². The molecule has 1 fully saturated rings. The third-order valence-electron chi connectivity index (χ3n) is 5.33. The van der Waals surface area contributed by atoms with E-state index in [1.54, 1.807) is 12.1 Å². The summed E-state index contributed by atoms with van der Waals surface area (Å²) in [6, 6.07) is 11.4. The summed E-state index contributed by atoms with van der Waals surface area (Å²) >= 11 is 0. The molecule has 1 aromatic carbocycles. The second-order valence-electron chi connectivity index (χ2n) is 7.25. The van der Waals surface area contributed by atoms with Gasteiger partial charge < -0.3 is 14.3 Å². The highest BCUT2D eigenvalue weighted by atomic mass is 16.3. The fourth-order valence-electron chi connectivity index (χ4n) is 3.98. The fraction of sp³-hybridized carbons (Fsp3) is 0.429. The van der Waals surface area contributed by atoms with Gasteiger partial charge in [-0.05, 0) is 49.9 Å². The molecular formula is C21H25N3O2. The number of nitrogens with zero attached hydrogens (tertiary/aromatic N) is 2. The van der Waals surface area contributed by atoms with Gasteiger partial charge in [0.05, 0.1) is 23.3 Å². The van der Waals surface area contributed by atoms with E-state index in [4.69, 9.17) is 9.40 Å². The van der Waals surface area contributed by atoms with E-state index in [0.29, 0.717) is 11.7 Å². The van der Waals surface area contributed by atoms with Crippen LogP contribution in [0.5, 0.6) is 0 Å². The Bertz CT molecular complexity index is 876. The van der Waals surface area contributed by atoms with E-state index < -0.39 is 0 Å². The number of imidazole rings is 1. The number of hydrogen-bond donors (Lipinski definition) is 1. The lowest BCUT2D eigenvalue weighted by molar-refractivity contribution is 0.0909. The van der Waals surface area contributed by atoms with Crippen LogP contribution in [0.15, 0.2) is 47.1 Å². The fourth-order valence-corrected chi connectivity index (χ4v) is 3.98. The average molecular weight is 351 g/mol. The van der Waals surface area contributed by atoms with Crippen molar-refractivity contribution in [2.75, 3.05) is 0 Å². The standard InChI is InChI=1S/C21H25N3O2/c1-15(22-21(25)19-12-7-13-26-19)20-23-17-10-5-6-11-18(17)24(20)14-16-8-3-2-4-9-16/h5-7,10-13,15-16H,2-4,8-9,14H2,1H3,(H,22,25)/t15-/m1/s1. The molecule has 1 amide bonds. The number of furan rings is 1. The van der Waals surface area contributed by atoms with E-state index in [2.05, 4.69) is 22.0 Å². The molecule has 2 aromatic heterocycles. The number of carbonyl (C=O) groups is 1. The van der Waals surface area contributed by atoms with Crippen molar-refractivity contribution in [2.45, 2.75) is 51.6 Å². The van der Waals surface area contributed by atoms with Gasteiger partial charge in [-0.3, -0.25) is 4.79 Å². The smallest absolute Gasteiger partial charge is 0.287 e. The zero-order valence-corrected chi connectivity index (χ0v) is 15.1. The zero-order valence-electron chi connectivity index (χ0n) is 15.1. The Morgan fingerprint density at radius 3 is 2.81 bits per heavy atom.